The number of aromatic nitrogens is 4. The predicted octanol–water partition coefficient (Wildman–Crippen LogP) is 2.28. The fraction of sp³-hybridized carbons (Fsp3) is 0.250. The van der Waals surface area contributed by atoms with Gasteiger partial charge in [-0.05, 0) is 18.6 Å². The summed E-state index contributed by atoms with van der Waals surface area (Å²) in [6.45, 7) is 4.06. The van der Waals surface area contributed by atoms with E-state index in [0.29, 0.717) is 0 Å². The lowest BCUT2D eigenvalue weighted by Crippen LogP contribution is -1.96. The highest BCUT2D eigenvalue weighted by Crippen LogP contribution is 2.24. The van der Waals surface area contributed by atoms with Gasteiger partial charge in [-0.1, -0.05) is 18.1 Å². The summed E-state index contributed by atoms with van der Waals surface area (Å²) in [6.07, 6.45) is 4.25. The molecule has 0 aliphatic carbocycles. The van der Waals surface area contributed by atoms with Crippen LogP contribution in [0.4, 0.5) is 0 Å². The highest BCUT2D eigenvalue weighted by molar-refractivity contribution is 5.86. The molecule has 2 aromatic heterocycles. The van der Waals surface area contributed by atoms with Crippen LogP contribution in [0.1, 0.15) is 18.3 Å². The Hall–Kier alpha value is -2.17. The van der Waals surface area contributed by atoms with Crippen molar-refractivity contribution in [1.29, 1.82) is 0 Å². The van der Waals surface area contributed by atoms with Gasteiger partial charge in [0.1, 0.15) is 12.0 Å². The lowest BCUT2D eigenvalue weighted by atomic mass is 10.1. The third kappa shape index (κ3) is 1.51. The number of hydrogen-bond acceptors (Lipinski definition) is 4. The van der Waals surface area contributed by atoms with Gasteiger partial charge in [0.2, 0.25) is 0 Å². The van der Waals surface area contributed by atoms with E-state index >= 15 is 0 Å². The average Bonchev–Trinajstić information content (AvgIpc) is 2.98. The zero-order valence-corrected chi connectivity index (χ0v) is 9.71. The number of benzene rings is 1. The number of hydrogen-bond donors (Lipinski definition) is 0. The van der Waals surface area contributed by atoms with Crippen LogP contribution >= 0.6 is 0 Å². The molecule has 0 aliphatic rings. The van der Waals surface area contributed by atoms with Crippen molar-refractivity contribution in [3.8, 4) is 5.69 Å². The summed E-state index contributed by atoms with van der Waals surface area (Å²) < 4.78 is 7.02. The van der Waals surface area contributed by atoms with Gasteiger partial charge in [-0.15, -0.1) is 0 Å². The Morgan fingerprint density at radius 3 is 3.00 bits per heavy atom. The standard InChI is InChI=1S/C12H12N4O/c1-3-11-13-7-16(15-11)10-5-4-8(2)9-6-14-17-12(9)10/h4-7H,3H2,1-2H3. The fourth-order valence-electron chi connectivity index (χ4n) is 1.83. The molecule has 86 valence electrons. The van der Waals surface area contributed by atoms with Crippen molar-refractivity contribution in [2.24, 2.45) is 0 Å². The van der Waals surface area contributed by atoms with Gasteiger partial charge in [0, 0.05) is 11.8 Å². The SMILES string of the molecule is CCc1ncn(-c2ccc(C)c3cnoc23)n1. The molecule has 0 radical (unpaired) electrons. The van der Waals surface area contributed by atoms with E-state index in [-0.39, 0.29) is 0 Å². The predicted molar refractivity (Wildman–Crippen MR) is 63.0 cm³/mol. The smallest absolute Gasteiger partial charge is 0.192 e. The minimum Gasteiger partial charge on any atom is -0.354 e. The monoisotopic (exact) mass is 228 g/mol. The highest BCUT2D eigenvalue weighted by atomic mass is 16.5. The van der Waals surface area contributed by atoms with E-state index in [9.17, 15) is 0 Å². The maximum atomic E-state index is 5.29. The number of aryl methyl sites for hydroxylation is 2. The Morgan fingerprint density at radius 1 is 1.35 bits per heavy atom. The summed E-state index contributed by atoms with van der Waals surface area (Å²) in [5.74, 6) is 0.818. The van der Waals surface area contributed by atoms with Crippen LogP contribution in [0, 0.1) is 6.92 Å². The van der Waals surface area contributed by atoms with Crippen LogP contribution in [0.25, 0.3) is 16.7 Å². The van der Waals surface area contributed by atoms with Gasteiger partial charge in [0.25, 0.3) is 0 Å². The first kappa shape index (κ1) is 10.0. The second-order valence-corrected chi connectivity index (χ2v) is 3.93. The van der Waals surface area contributed by atoms with Gasteiger partial charge < -0.3 is 4.52 Å². The molecule has 0 N–H and O–H groups in total. The molecule has 0 aliphatic heterocycles. The highest BCUT2D eigenvalue weighted by Gasteiger charge is 2.11. The molecule has 0 atom stereocenters. The molecule has 0 spiro atoms. The molecule has 0 fully saturated rings. The second-order valence-electron chi connectivity index (χ2n) is 3.93. The first-order chi connectivity index (χ1) is 8.29. The Labute approximate surface area is 98.1 Å². The molecule has 0 unspecified atom stereocenters. The average molecular weight is 228 g/mol. The topological polar surface area (TPSA) is 56.7 Å². The molecule has 5 nitrogen and oxygen atoms in total. The van der Waals surface area contributed by atoms with Gasteiger partial charge >= 0.3 is 0 Å². The van der Waals surface area contributed by atoms with Crippen LogP contribution in [0.2, 0.25) is 0 Å². The normalized spacial score (nSPS) is 11.2. The van der Waals surface area contributed by atoms with Crippen molar-refractivity contribution in [2.45, 2.75) is 20.3 Å². The van der Waals surface area contributed by atoms with E-state index in [1.807, 2.05) is 26.0 Å². The van der Waals surface area contributed by atoms with Crippen LogP contribution in [0.3, 0.4) is 0 Å². The van der Waals surface area contributed by atoms with Crippen molar-refractivity contribution >= 4 is 11.0 Å². The van der Waals surface area contributed by atoms with Gasteiger partial charge in [0.05, 0.1) is 6.20 Å². The van der Waals surface area contributed by atoms with Crippen molar-refractivity contribution in [3.05, 3.63) is 36.0 Å². The van der Waals surface area contributed by atoms with E-state index < -0.39 is 0 Å². The fourth-order valence-corrected chi connectivity index (χ4v) is 1.83. The summed E-state index contributed by atoms with van der Waals surface area (Å²) in [5, 5.41) is 9.23. The summed E-state index contributed by atoms with van der Waals surface area (Å²) >= 11 is 0. The minimum atomic E-state index is 0.748. The first-order valence-electron chi connectivity index (χ1n) is 5.54. The molecule has 2 heterocycles. The Bertz CT molecular complexity index is 668. The van der Waals surface area contributed by atoms with Crippen LogP contribution in [0.15, 0.2) is 29.2 Å². The molecule has 3 aromatic rings. The summed E-state index contributed by atoms with van der Waals surface area (Å²) in [4.78, 5) is 4.21. The van der Waals surface area contributed by atoms with E-state index in [1.165, 1.54) is 0 Å². The van der Waals surface area contributed by atoms with Crippen LogP contribution in [-0.2, 0) is 6.42 Å². The molecule has 0 amide bonds. The van der Waals surface area contributed by atoms with Crippen LogP contribution in [-0.4, -0.2) is 19.9 Å². The van der Waals surface area contributed by atoms with Gasteiger partial charge in [-0.3, -0.25) is 0 Å². The molecular formula is C12H12N4O. The maximum Gasteiger partial charge on any atom is 0.192 e. The van der Waals surface area contributed by atoms with E-state index in [4.69, 9.17) is 4.52 Å². The zero-order valence-electron chi connectivity index (χ0n) is 9.71. The summed E-state index contributed by atoms with van der Waals surface area (Å²) in [7, 11) is 0. The van der Waals surface area contributed by atoms with Crippen LogP contribution < -0.4 is 0 Å². The molecule has 1 aromatic carbocycles. The van der Waals surface area contributed by atoms with Gasteiger partial charge in [0.15, 0.2) is 11.4 Å². The molecule has 17 heavy (non-hydrogen) atoms. The molecule has 3 rings (SSSR count). The van der Waals surface area contributed by atoms with E-state index in [0.717, 1.165) is 34.5 Å². The maximum absolute atomic E-state index is 5.29. The molecule has 5 heteroatoms. The van der Waals surface area contributed by atoms with E-state index in [2.05, 4.69) is 15.2 Å². The second kappa shape index (κ2) is 3.69. The Kier molecular flexibility index (Phi) is 2.18. The van der Waals surface area contributed by atoms with Crippen molar-refractivity contribution in [2.75, 3.05) is 0 Å². The van der Waals surface area contributed by atoms with Gasteiger partial charge in [-0.2, -0.15) is 5.10 Å². The summed E-state index contributed by atoms with van der Waals surface area (Å²) in [6, 6.07) is 4.00. The molecule has 0 saturated heterocycles. The lowest BCUT2D eigenvalue weighted by Gasteiger charge is -2.01. The Morgan fingerprint density at radius 2 is 2.24 bits per heavy atom. The van der Waals surface area contributed by atoms with E-state index in [1.54, 1.807) is 17.2 Å². The largest absolute Gasteiger partial charge is 0.354 e. The number of nitrogens with zero attached hydrogens (tertiary/aromatic N) is 4. The summed E-state index contributed by atoms with van der Waals surface area (Å²) in [5.41, 5.74) is 2.76. The molecule has 0 saturated carbocycles. The number of fused-ring (bicyclic) bond motifs is 1. The van der Waals surface area contributed by atoms with Crippen molar-refractivity contribution < 1.29 is 4.52 Å². The first-order valence-corrected chi connectivity index (χ1v) is 5.54. The quantitative estimate of drug-likeness (QED) is 0.675. The third-order valence-corrected chi connectivity index (χ3v) is 2.82. The lowest BCUT2D eigenvalue weighted by molar-refractivity contribution is 0.454. The number of rotatable bonds is 2. The zero-order chi connectivity index (χ0) is 11.8. The minimum absolute atomic E-state index is 0.748. The molecule has 0 bridgehead atoms. The van der Waals surface area contributed by atoms with Crippen molar-refractivity contribution in [3.63, 3.8) is 0 Å². The van der Waals surface area contributed by atoms with Crippen LogP contribution in [0.5, 0.6) is 0 Å². The van der Waals surface area contributed by atoms with Gasteiger partial charge in [-0.25, -0.2) is 9.67 Å². The Balaban J connectivity index is 2.23. The molecular weight excluding hydrogens is 216 g/mol. The third-order valence-electron chi connectivity index (χ3n) is 2.82. The van der Waals surface area contributed by atoms with Crippen molar-refractivity contribution in [1.82, 2.24) is 19.9 Å².